The number of H-pyrrole nitrogens is 1. The number of benzene rings is 2. The lowest BCUT2D eigenvalue weighted by molar-refractivity contribution is -0.153. The molecule has 0 aliphatic carbocycles. The van der Waals surface area contributed by atoms with E-state index in [0.29, 0.717) is 24.0 Å². The largest absolute Gasteiger partial charge is 0.445 e. The maximum absolute atomic E-state index is 13.9. The molecule has 0 fully saturated rings. The van der Waals surface area contributed by atoms with Gasteiger partial charge in [0.05, 0.1) is 16.9 Å². The zero-order valence-corrected chi connectivity index (χ0v) is 28.1. The molecule has 2 aromatic heterocycles. The van der Waals surface area contributed by atoms with E-state index >= 15 is 0 Å². The molecular formula is C34H36N8O9. The van der Waals surface area contributed by atoms with Crippen molar-refractivity contribution in [1.82, 2.24) is 20.8 Å². The first-order chi connectivity index (χ1) is 24.5. The Kier molecular flexibility index (Phi) is 12.8. The first kappa shape index (κ1) is 37.0. The number of carbonyl (C=O) groups is 5. The van der Waals surface area contributed by atoms with Crippen molar-refractivity contribution in [1.29, 1.82) is 5.41 Å². The molecule has 0 aliphatic heterocycles. The van der Waals surface area contributed by atoms with E-state index in [0.717, 1.165) is 10.5 Å². The van der Waals surface area contributed by atoms with E-state index in [4.69, 9.17) is 24.1 Å². The minimum Gasteiger partial charge on any atom is -0.445 e. The van der Waals surface area contributed by atoms with Crippen molar-refractivity contribution in [2.75, 3.05) is 23.6 Å². The van der Waals surface area contributed by atoms with Gasteiger partial charge in [-0.15, -0.1) is 0 Å². The molecule has 4 aromatic rings. The van der Waals surface area contributed by atoms with Gasteiger partial charge in [0.25, 0.3) is 11.8 Å². The molecule has 17 nitrogen and oxygen atoms in total. The molecule has 51 heavy (non-hydrogen) atoms. The van der Waals surface area contributed by atoms with Gasteiger partial charge in [-0.1, -0.05) is 41.6 Å². The minimum atomic E-state index is -1.17. The number of carbonyl (C=O) groups excluding carboxylic acids is 5. The van der Waals surface area contributed by atoms with Gasteiger partial charge in [-0.25, -0.2) is 24.3 Å². The van der Waals surface area contributed by atoms with Gasteiger partial charge in [0.2, 0.25) is 6.79 Å². The van der Waals surface area contributed by atoms with E-state index in [9.17, 15) is 24.0 Å². The number of aryl methyl sites for hydroxylation is 1. The molecule has 0 radical (unpaired) electrons. The summed E-state index contributed by atoms with van der Waals surface area (Å²) in [6, 6.07) is 13.7. The van der Waals surface area contributed by atoms with Gasteiger partial charge in [0, 0.05) is 24.4 Å². The van der Waals surface area contributed by atoms with Crippen molar-refractivity contribution in [3.63, 3.8) is 0 Å². The van der Waals surface area contributed by atoms with E-state index < -0.39 is 36.9 Å². The molecular weight excluding hydrogens is 664 g/mol. The number of anilines is 2. The number of amidine groups is 1. The number of aromatic amines is 1. The van der Waals surface area contributed by atoms with E-state index in [-0.39, 0.29) is 46.7 Å². The van der Waals surface area contributed by atoms with Crippen molar-refractivity contribution in [3.05, 3.63) is 101 Å². The van der Waals surface area contributed by atoms with Crippen LogP contribution in [-0.4, -0.2) is 71.7 Å². The molecule has 0 spiro atoms. The lowest BCUT2D eigenvalue weighted by Gasteiger charge is -2.25. The maximum Gasteiger partial charge on any atom is 0.423 e. The van der Waals surface area contributed by atoms with E-state index in [2.05, 4.69) is 31.1 Å². The van der Waals surface area contributed by atoms with Crippen LogP contribution in [0.2, 0.25) is 0 Å². The van der Waals surface area contributed by atoms with Gasteiger partial charge < -0.3 is 39.7 Å². The summed E-state index contributed by atoms with van der Waals surface area (Å²) in [5, 5.41) is 19.1. The van der Waals surface area contributed by atoms with Gasteiger partial charge in [0.1, 0.15) is 25.3 Å². The van der Waals surface area contributed by atoms with Crippen LogP contribution >= 0.6 is 0 Å². The summed E-state index contributed by atoms with van der Waals surface area (Å²) < 4.78 is 20.3. The molecule has 5 N–H and O–H groups in total. The fourth-order valence-electron chi connectivity index (χ4n) is 4.60. The predicted molar refractivity (Wildman–Crippen MR) is 184 cm³/mol. The molecule has 4 rings (SSSR count). The van der Waals surface area contributed by atoms with Crippen LogP contribution in [0.4, 0.5) is 21.1 Å². The van der Waals surface area contributed by atoms with Crippen LogP contribution in [0.3, 0.4) is 0 Å². The number of aliphatic imine (C=N–C) groups is 1. The van der Waals surface area contributed by atoms with Crippen molar-refractivity contribution in [2.24, 2.45) is 4.99 Å². The summed E-state index contributed by atoms with van der Waals surface area (Å²) in [7, 11) is 0. The van der Waals surface area contributed by atoms with Crippen LogP contribution < -0.4 is 20.9 Å². The van der Waals surface area contributed by atoms with Crippen molar-refractivity contribution >= 4 is 53.6 Å². The highest BCUT2D eigenvalue weighted by Gasteiger charge is 2.31. The average Bonchev–Trinajstić information content (AvgIpc) is 3.77. The highest BCUT2D eigenvalue weighted by atomic mass is 16.7. The SMILES string of the molecule is CCNC(=O)c1c[nH]c(/C(=N\C=N)N(C(=O)OCOC(=O)C(C)NC(=O)OCc2ccccc2)c2cc(C(=O)Nc3ccon3)ccc2C)c1C. The molecule has 266 valence electrons. The highest BCUT2D eigenvalue weighted by Crippen LogP contribution is 2.27. The topological polar surface area (TPSA) is 230 Å². The van der Waals surface area contributed by atoms with Crippen molar-refractivity contribution in [2.45, 2.75) is 40.3 Å². The molecule has 1 unspecified atom stereocenters. The van der Waals surface area contributed by atoms with Gasteiger partial charge in [-0.2, -0.15) is 0 Å². The highest BCUT2D eigenvalue weighted by molar-refractivity contribution is 6.24. The number of nitrogens with one attached hydrogen (secondary N) is 5. The number of hydrogen-bond acceptors (Lipinski definition) is 11. The van der Waals surface area contributed by atoms with Crippen LogP contribution in [-0.2, 0) is 25.6 Å². The van der Waals surface area contributed by atoms with Gasteiger partial charge in [0.15, 0.2) is 11.7 Å². The Morgan fingerprint density at radius 2 is 1.80 bits per heavy atom. The Balaban J connectivity index is 1.57. The zero-order chi connectivity index (χ0) is 36.9. The number of nitrogens with zero attached hydrogens (tertiary/aromatic N) is 3. The standard InChI is InChI=1S/C34H36N8O9/c1-5-36-31(44)25-16-37-28(21(25)3)29(38-18-35)42(26-15-24(12-11-20(26)2)30(43)40-27-13-14-51-41-27)34(47)50-19-49-32(45)22(4)39-33(46)48-17-23-9-7-6-8-10-23/h6-16,18,22,35,37H,5,17,19H2,1-4H3,(H,36,44)(H,39,46)(H,40,41,43)/b35-18?,38-29+. The summed E-state index contributed by atoms with van der Waals surface area (Å²) >= 11 is 0. The summed E-state index contributed by atoms with van der Waals surface area (Å²) in [4.78, 5) is 72.5. The normalized spacial score (nSPS) is 11.5. The van der Waals surface area contributed by atoms with Gasteiger partial charge in [-0.3, -0.25) is 15.0 Å². The van der Waals surface area contributed by atoms with Crippen LogP contribution in [0.25, 0.3) is 0 Å². The average molecular weight is 701 g/mol. The number of esters is 1. The Morgan fingerprint density at radius 3 is 2.49 bits per heavy atom. The zero-order valence-electron chi connectivity index (χ0n) is 28.1. The van der Waals surface area contributed by atoms with Gasteiger partial charge in [-0.05, 0) is 56.5 Å². The van der Waals surface area contributed by atoms with E-state index in [1.54, 1.807) is 51.1 Å². The molecule has 0 bridgehead atoms. The first-order valence-electron chi connectivity index (χ1n) is 15.5. The predicted octanol–water partition coefficient (Wildman–Crippen LogP) is 4.43. The number of hydrogen-bond donors (Lipinski definition) is 5. The van der Waals surface area contributed by atoms with Gasteiger partial charge >= 0.3 is 18.2 Å². The van der Waals surface area contributed by atoms with Crippen molar-refractivity contribution < 1.29 is 42.7 Å². The molecule has 0 aliphatic rings. The third-order valence-corrected chi connectivity index (χ3v) is 7.20. The lowest BCUT2D eigenvalue weighted by Crippen LogP contribution is -2.42. The molecule has 0 saturated carbocycles. The second kappa shape index (κ2) is 17.6. The summed E-state index contributed by atoms with van der Waals surface area (Å²) in [5.74, 6) is -1.94. The van der Waals surface area contributed by atoms with Crippen LogP contribution in [0.15, 0.2) is 76.6 Å². The quantitative estimate of drug-likeness (QED) is 0.0570. The number of alkyl carbamates (subject to hydrolysis) is 1. The maximum atomic E-state index is 13.9. The molecule has 17 heteroatoms. The number of amides is 4. The smallest absolute Gasteiger partial charge is 0.423 e. The Morgan fingerprint density at radius 1 is 1.04 bits per heavy atom. The fraction of sp³-hybridized carbons (Fsp3) is 0.235. The van der Waals surface area contributed by atoms with Crippen LogP contribution in [0, 0.1) is 19.3 Å². The van der Waals surface area contributed by atoms with Crippen LogP contribution in [0.5, 0.6) is 0 Å². The fourth-order valence-corrected chi connectivity index (χ4v) is 4.60. The van der Waals surface area contributed by atoms with E-state index in [1.807, 2.05) is 6.07 Å². The third-order valence-electron chi connectivity index (χ3n) is 7.20. The molecule has 0 saturated heterocycles. The first-order valence-corrected chi connectivity index (χ1v) is 15.5. The minimum absolute atomic E-state index is 0.0188. The Bertz CT molecular complexity index is 1910. The number of aromatic nitrogens is 2. The van der Waals surface area contributed by atoms with Crippen molar-refractivity contribution in [3.8, 4) is 0 Å². The molecule has 2 aromatic carbocycles. The number of ether oxygens (including phenoxy) is 3. The monoisotopic (exact) mass is 700 g/mol. The third kappa shape index (κ3) is 9.65. The number of rotatable bonds is 13. The van der Waals surface area contributed by atoms with E-state index in [1.165, 1.54) is 37.6 Å². The molecule has 1 atom stereocenters. The summed E-state index contributed by atoms with van der Waals surface area (Å²) in [5.41, 5.74) is 2.25. The molecule has 4 amide bonds. The summed E-state index contributed by atoms with van der Waals surface area (Å²) in [6.07, 6.45) is 1.40. The Labute approximate surface area is 291 Å². The summed E-state index contributed by atoms with van der Waals surface area (Å²) in [6.45, 7) is 5.84. The Hall–Kier alpha value is -6.78. The van der Waals surface area contributed by atoms with Crippen LogP contribution in [0.1, 0.15) is 56.9 Å². The second-order valence-electron chi connectivity index (χ2n) is 10.7. The second-order valence-corrected chi connectivity index (χ2v) is 10.7. The lowest BCUT2D eigenvalue weighted by atomic mass is 10.1. The molecule has 2 heterocycles.